The number of imidazole rings is 1. The smallest absolute Gasteiger partial charge is 0.388 e. The van der Waals surface area contributed by atoms with Crippen molar-refractivity contribution in [3.05, 3.63) is 56.8 Å². The molecule has 2 unspecified atom stereocenters. The van der Waals surface area contributed by atoms with E-state index in [1.54, 1.807) is 39.8 Å². The summed E-state index contributed by atoms with van der Waals surface area (Å²) < 4.78 is 47.9. The number of aryl methyl sites for hydroxylation is 2. The Kier molecular flexibility index (Phi) is 12.1. The summed E-state index contributed by atoms with van der Waals surface area (Å²) in [7, 11) is -11.1. The minimum Gasteiger partial charge on any atom is -0.388 e. The zero-order valence-corrected chi connectivity index (χ0v) is 32.7. The molecule has 314 valence electrons. The number of ether oxygens (including phenoxy) is 1. The number of aliphatic hydroxyl groups excluding tert-OH is 5. The quantitative estimate of drug-likeness (QED) is 0.0324. The maximum absolute atomic E-state index is 13.4. The van der Waals surface area contributed by atoms with Crippen LogP contribution in [0.5, 0.6) is 0 Å². The van der Waals surface area contributed by atoms with Gasteiger partial charge < -0.3 is 50.4 Å². The number of H-pyrrole nitrogens is 1. The van der Waals surface area contributed by atoms with Gasteiger partial charge in [0.25, 0.3) is 0 Å². The third kappa shape index (κ3) is 8.49. The first-order valence-corrected chi connectivity index (χ1v) is 20.3. The SMILES string of the molecule is Cc1cc2c(cc1C)[n+](C(=O)C(C)C)c1c(=O)[nH]c(=O)nc-1n2C[C@H](O)[C@H](O)[C@H](O)COP(=O)(O)OP(=O)(O)OC[C@H]1O[C@@H](n2cnc3c(N)ncnc32)[C@H](O)[C@@H]1O. The molecule has 1 aromatic carbocycles. The highest BCUT2D eigenvalue weighted by Crippen LogP contribution is 2.60. The monoisotopic (exact) mass is 856 g/mol. The number of rotatable bonds is 14. The maximum atomic E-state index is 13.4. The molecule has 58 heavy (non-hydrogen) atoms. The lowest BCUT2D eigenvalue weighted by molar-refractivity contribution is -0.539. The number of carbonyl (C=O) groups is 1. The Hall–Kier alpha value is -4.46. The standard InChI is InChI=1S/C31H39N9O16P2/c1-12(2)29(47)40-16-6-14(4)13(3)5-15(16)38(27-21(40)28(46)37-31(48)36-27)7-17(41)22(43)18(42)8-53-57(49,50)56-58(51,52)54-9-19-23(44)24(45)30(55-19)39-11-35-20-25(32)33-10-34-26(20)39/h5-6,10-12,17-19,22-24,30,41-45H,7-9H2,1-4H3,(H4-,32,33,34,37,46,48,49,50,51,52)/p+1/t17-,18+,19+,22-,23+,24+,30+/m0/s1. The van der Waals surface area contributed by atoms with Gasteiger partial charge in [-0.1, -0.05) is 0 Å². The van der Waals surface area contributed by atoms with E-state index in [1.807, 2.05) is 4.98 Å². The van der Waals surface area contributed by atoms with Gasteiger partial charge in [0.15, 0.2) is 17.7 Å². The lowest BCUT2D eigenvalue weighted by Gasteiger charge is -2.26. The van der Waals surface area contributed by atoms with Crippen molar-refractivity contribution in [3.63, 3.8) is 0 Å². The number of nitrogens with two attached hydrogens (primary N) is 1. The van der Waals surface area contributed by atoms with Crippen LogP contribution in [0.4, 0.5) is 5.82 Å². The molecular formula is C31H40N9O16P2+. The van der Waals surface area contributed by atoms with Gasteiger partial charge in [-0.15, -0.1) is 4.57 Å². The van der Waals surface area contributed by atoms with Crippen LogP contribution in [0.25, 0.3) is 33.7 Å². The number of nitrogens with one attached hydrogen (secondary N) is 1. The Labute approximate surface area is 325 Å². The Balaban J connectivity index is 1.12. The number of phosphoric ester groups is 2. The molecular weight excluding hydrogens is 816 g/mol. The second kappa shape index (κ2) is 16.3. The lowest BCUT2D eigenvalue weighted by Crippen LogP contribution is -2.53. The molecule has 1 fully saturated rings. The molecule has 1 saturated heterocycles. The summed E-state index contributed by atoms with van der Waals surface area (Å²) >= 11 is 0. The Morgan fingerprint density at radius 1 is 1.02 bits per heavy atom. The van der Waals surface area contributed by atoms with E-state index in [2.05, 4.69) is 28.8 Å². The highest BCUT2D eigenvalue weighted by Gasteiger charge is 2.46. The molecule has 2 aromatic heterocycles. The van der Waals surface area contributed by atoms with E-state index in [-0.39, 0.29) is 39.5 Å². The number of hydrogen-bond acceptors (Lipinski definition) is 19. The van der Waals surface area contributed by atoms with Crippen molar-refractivity contribution in [3.8, 4) is 11.5 Å². The van der Waals surface area contributed by atoms with Crippen molar-refractivity contribution >= 4 is 49.6 Å². The first-order valence-electron chi connectivity index (χ1n) is 17.3. The van der Waals surface area contributed by atoms with Gasteiger partial charge in [-0.25, -0.2) is 33.7 Å². The number of anilines is 1. The van der Waals surface area contributed by atoms with E-state index in [1.165, 1.54) is 15.5 Å². The van der Waals surface area contributed by atoms with Gasteiger partial charge in [-0.2, -0.15) is 9.29 Å². The van der Waals surface area contributed by atoms with E-state index in [0.717, 1.165) is 10.9 Å². The van der Waals surface area contributed by atoms with Crippen LogP contribution in [0, 0.1) is 19.8 Å². The van der Waals surface area contributed by atoms with Crippen molar-refractivity contribution in [2.75, 3.05) is 18.9 Å². The topological polar surface area (TPSA) is 371 Å². The normalized spacial score (nSPS) is 22.3. The number of phosphoric acid groups is 2. The third-order valence-electron chi connectivity index (χ3n) is 9.34. The maximum Gasteiger partial charge on any atom is 0.481 e. The molecule has 0 spiro atoms. The van der Waals surface area contributed by atoms with Crippen molar-refractivity contribution in [1.82, 2.24) is 34.1 Å². The molecule has 0 aliphatic carbocycles. The average Bonchev–Trinajstić information content (AvgIpc) is 3.70. The molecule has 0 bridgehead atoms. The summed E-state index contributed by atoms with van der Waals surface area (Å²) in [5.74, 6) is -1.47. The number of aliphatic hydroxyl groups is 5. The van der Waals surface area contributed by atoms with Gasteiger partial charge >= 0.3 is 38.5 Å². The highest BCUT2D eigenvalue weighted by atomic mass is 31.3. The fourth-order valence-electron chi connectivity index (χ4n) is 6.23. The third-order valence-corrected chi connectivity index (χ3v) is 11.9. The Morgan fingerprint density at radius 2 is 1.69 bits per heavy atom. The number of benzene rings is 1. The van der Waals surface area contributed by atoms with E-state index in [0.29, 0.717) is 11.1 Å². The van der Waals surface area contributed by atoms with Crippen LogP contribution >= 0.6 is 15.6 Å². The fourth-order valence-corrected chi connectivity index (χ4v) is 8.33. The minimum atomic E-state index is -5.59. The first kappa shape index (κ1) is 43.1. The molecule has 6 rings (SSSR count). The number of carbonyl (C=O) groups excluding carboxylic acids is 1. The molecule has 3 aliphatic heterocycles. The summed E-state index contributed by atoms with van der Waals surface area (Å²) in [6.07, 6.45) is -10.2. The largest absolute Gasteiger partial charge is 0.481 e. The predicted octanol–water partition coefficient (Wildman–Crippen LogP) is -2.24. The van der Waals surface area contributed by atoms with Crippen molar-refractivity contribution < 1.29 is 71.9 Å². The van der Waals surface area contributed by atoms with E-state index in [9.17, 15) is 58.8 Å². The molecule has 3 aromatic rings. The minimum absolute atomic E-state index is 0.0216. The number of nitrogen functional groups attached to an aromatic ring is 1. The Bertz CT molecular complexity index is 2560. The van der Waals surface area contributed by atoms with Crippen LogP contribution < -0.4 is 21.5 Å². The van der Waals surface area contributed by atoms with Crippen molar-refractivity contribution in [2.24, 2.45) is 5.92 Å². The molecule has 9 atom stereocenters. The molecule has 0 saturated carbocycles. The summed E-state index contributed by atoms with van der Waals surface area (Å²) in [4.78, 5) is 77.0. The Morgan fingerprint density at radius 3 is 2.38 bits per heavy atom. The first-order chi connectivity index (χ1) is 27.1. The second-order valence-corrected chi connectivity index (χ2v) is 16.8. The van der Waals surface area contributed by atoms with Gasteiger partial charge in [0.2, 0.25) is 11.3 Å². The number of aromatic amines is 1. The average molecular weight is 857 g/mol. The fraction of sp³-hybridized carbons (Fsp3) is 0.484. The summed E-state index contributed by atoms with van der Waals surface area (Å²) in [5.41, 5.74) is 5.48. The molecule has 0 amide bonds. The lowest BCUT2D eigenvalue weighted by atomic mass is 10.0. The predicted molar refractivity (Wildman–Crippen MR) is 195 cm³/mol. The molecule has 3 aliphatic rings. The molecule has 27 heteroatoms. The molecule has 10 N–H and O–H groups in total. The van der Waals surface area contributed by atoms with Crippen LogP contribution in [-0.4, -0.2) is 125 Å². The molecule has 25 nitrogen and oxygen atoms in total. The van der Waals surface area contributed by atoms with E-state index in [4.69, 9.17) is 15.0 Å². The van der Waals surface area contributed by atoms with Gasteiger partial charge in [0.05, 0.1) is 32.0 Å². The summed E-state index contributed by atoms with van der Waals surface area (Å²) in [5, 5.41) is 53.7. The van der Waals surface area contributed by atoms with Crippen LogP contribution in [0.15, 0.2) is 34.4 Å². The van der Waals surface area contributed by atoms with Gasteiger partial charge in [-0.05, 0) is 44.9 Å². The zero-order valence-electron chi connectivity index (χ0n) is 31.0. The van der Waals surface area contributed by atoms with Crippen molar-refractivity contribution in [2.45, 2.75) is 77.1 Å². The zero-order chi connectivity index (χ0) is 42.6. The highest BCUT2D eigenvalue weighted by molar-refractivity contribution is 7.61. The van der Waals surface area contributed by atoms with Crippen LogP contribution in [-0.2, 0) is 33.8 Å². The number of nitrogens with zero attached hydrogens (tertiary/aromatic N) is 7. The van der Waals surface area contributed by atoms with Crippen LogP contribution in [0.1, 0.15) is 36.0 Å². The van der Waals surface area contributed by atoms with Gasteiger partial charge in [0.1, 0.15) is 54.0 Å². The summed E-state index contributed by atoms with van der Waals surface area (Å²) in [6.45, 7) is 3.77. The van der Waals surface area contributed by atoms with Crippen LogP contribution in [0.3, 0.4) is 0 Å². The van der Waals surface area contributed by atoms with E-state index < -0.39 is 101 Å². The van der Waals surface area contributed by atoms with E-state index >= 15 is 0 Å². The second-order valence-electron chi connectivity index (χ2n) is 13.8. The number of aromatic nitrogens is 8. The molecule has 5 heterocycles. The number of fused-ring (bicyclic) bond motifs is 3. The van der Waals surface area contributed by atoms with Crippen LogP contribution in [0.2, 0.25) is 0 Å². The number of hydrogen-bond donors (Lipinski definition) is 9. The van der Waals surface area contributed by atoms with Crippen molar-refractivity contribution in [1.29, 1.82) is 0 Å². The van der Waals surface area contributed by atoms with Gasteiger partial charge in [0, 0.05) is 6.07 Å². The molecule has 0 radical (unpaired) electrons. The van der Waals surface area contributed by atoms with Gasteiger partial charge in [-0.3, -0.25) is 23.4 Å². The summed E-state index contributed by atoms with van der Waals surface area (Å²) in [6, 6.07) is 3.21.